The van der Waals surface area contributed by atoms with Crippen LogP contribution < -0.4 is 4.74 Å². The lowest BCUT2D eigenvalue weighted by atomic mass is 9.99. The molecule has 23 heavy (non-hydrogen) atoms. The second-order valence-electron chi connectivity index (χ2n) is 5.58. The number of amides is 1. The van der Waals surface area contributed by atoms with Crippen LogP contribution in [0.25, 0.3) is 0 Å². The third-order valence-corrected chi connectivity index (χ3v) is 3.79. The summed E-state index contributed by atoms with van der Waals surface area (Å²) >= 11 is 0. The predicted octanol–water partition coefficient (Wildman–Crippen LogP) is 2.44. The number of likely N-dealkylation sites (tertiary alicyclic amines) is 1. The molecular formula is C17H16F2N2O2. The number of hydrogen-bond donors (Lipinski definition) is 0. The largest absolute Gasteiger partial charge is 0.492 e. The normalized spacial score (nSPS) is 14.4. The molecule has 120 valence electrons. The van der Waals surface area contributed by atoms with E-state index < -0.39 is 11.6 Å². The summed E-state index contributed by atoms with van der Waals surface area (Å²) in [6.45, 7) is 1.68. The Bertz CT molecular complexity index is 688. The molecule has 1 aromatic carbocycles. The van der Waals surface area contributed by atoms with Gasteiger partial charge in [0.2, 0.25) is 5.91 Å². The first-order valence-corrected chi connectivity index (χ1v) is 7.36. The minimum atomic E-state index is -0.685. The maximum Gasteiger partial charge on any atom is 0.227 e. The van der Waals surface area contributed by atoms with Crippen LogP contribution in [0, 0.1) is 17.6 Å². The Labute approximate surface area is 132 Å². The molecule has 3 rings (SSSR count). The van der Waals surface area contributed by atoms with Gasteiger partial charge >= 0.3 is 0 Å². The van der Waals surface area contributed by atoms with E-state index in [1.165, 1.54) is 6.07 Å². The lowest BCUT2D eigenvalue weighted by Gasteiger charge is -2.39. The molecule has 0 aliphatic carbocycles. The van der Waals surface area contributed by atoms with E-state index in [4.69, 9.17) is 4.74 Å². The Morgan fingerprint density at radius 3 is 2.83 bits per heavy atom. The summed E-state index contributed by atoms with van der Waals surface area (Å²) in [5, 5.41) is 0. The Kier molecular flexibility index (Phi) is 4.50. The van der Waals surface area contributed by atoms with Gasteiger partial charge in [0.25, 0.3) is 0 Å². The van der Waals surface area contributed by atoms with Crippen molar-refractivity contribution in [3.05, 3.63) is 59.9 Å². The van der Waals surface area contributed by atoms with Gasteiger partial charge in [-0.05, 0) is 23.8 Å². The van der Waals surface area contributed by atoms with Crippen LogP contribution in [0.1, 0.15) is 5.56 Å². The SMILES string of the molecule is O=C(Cc1ccc(F)cc1F)N1CC(COc2cccnc2)C1. The molecule has 0 bridgehead atoms. The molecule has 2 heterocycles. The maximum absolute atomic E-state index is 13.5. The van der Waals surface area contributed by atoms with Crippen molar-refractivity contribution in [1.29, 1.82) is 0 Å². The second kappa shape index (κ2) is 6.73. The molecule has 0 unspecified atom stereocenters. The summed E-state index contributed by atoms with van der Waals surface area (Å²) in [5.74, 6) is -0.526. The highest BCUT2D eigenvalue weighted by Gasteiger charge is 2.31. The molecule has 1 fully saturated rings. The third kappa shape index (κ3) is 3.83. The molecule has 0 saturated carbocycles. The van der Waals surface area contributed by atoms with Crippen molar-refractivity contribution >= 4 is 5.91 Å². The molecule has 1 aromatic heterocycles. The summed E-state index contributed by atoms with van der Waals surface area (Å²) in [7, 11) is 0. The summed E-state index contributed by atoms with van der Waals surface area (Å²) in [4.78, 5) is 17.7. The second-order valence-corrected chi connectivity index (χ2v) is 5.58. The number of pyridine rings is 1. The number of ether oxygens (including phenoxy) is 1. The molecule has 1 amide bonds. The van der Waals surface area contributed by atoms with E-state index in [1.54, 1.807) is 23.4 Å². The Morgan fingerprint density at radius 2 is 2.13 bits per heavy atom. The summed E-state index contributed by atoms with van der Waals surface area (Å²) < 4.78 is 32.0. The Balaban J connectivity index is 1.44. The zero-order valence-corrected chi connectivity index (χ0v) is 12.4. The number of nitrogens with zero attached hydrogens (tertiary/aromatic N) is 2. The molecule has 1 aliphatic heterocycles. The first-order valence-electron chi connectivity index (χ1n) is 7.36. The number of hydrogen-bond acceptors (Lipinski definition) is 3. The van der Waals surface area contributed by atoms with Crippen LogP contribution in [0.2, 0.25) is 0 Å². The molecule has 4 nitrogen and oxygen atoms in total. The molecule has 1 saturated heterocycles. The van der Waals surface area contributed by atoms with Gasteiger partial charge in [0.05, 0.1) is 19.2 Å². The lowest BCUT2D eigenvalue weighted by molar-refractivity contribution is -0.137. The highest BCUT2D eigenvalue weighted by Crippen LogP contribution is 2.20. The van der Waals surface area contributed by atoms with Crippen LogP contribution in [0.15, 0.2) is 42.7 Å². The van der Waals surface area contributed by atoms with Crippen LogP contribution in [-0.4, -0.2) is 35.5 Å². The van der Waals surface area contributed by atoms with Crippen LogP contribution in [0.5, 0.6) is 5.75 Å². The van der Waals surface area contributed by atoms with Crippen molar-refractivity contribution in [2.24, 2.45) is 5.92 Å². The number of aromatic nitrogens is 1. The van der Waals surface area contributed by atoms with Crippen molar-refractivity contribution < 1.29 is 18.3 Å². The molecule has 6 heteroatoms. The van der Waals surface area contributed by atoms with E-state index in [1.807, 2.05) is 6.07 Å². The van der Waals surface area contributed by atoms with E-state index >= 15 is 0 Å². The van der Waals surface area contributed by atoms with Gasteiger partial charge in [0.15, 0.2) is 0 Å². The summed E-state index contributed by atoms with van der Waals surface area (Å²) in [6.07, 6.45) is 3.26. The highest BCUT2D eigenvalue weighted by molar-refractivity contribution is 5.79. The van der Waals surface area contributed by atoms with Crippen LogP contribution >= 0.6 is 0 Å². The van der Waals surface area contributed by atoms with Gasteiger partial charge in [-0.25, -0.2) is 8.78 Å². The highest BCUT2D eigenvalue weighted by atomic mass is 19.1. The van der Waals surface area contributed by atoms with Crippen molar-refractivity contribution in [2.45, 2.75) is 6.42 Å². The van der Waals surface area contributed by atoms with Crippen LogP contribution in [0.3, 0.4) is 0 Å². The smallest absolute Gasteiger partial charge is 0.227 e. The van der Waals surface area contributed by atoms with Gasteiger partial charge in [-0.3, -0.25) is 9.78 Å². The van der Waals surface area contributed by atoms with Crippen LogP contribution in [-0.2, 0) is 11.2 Å². The van der Waals surface area contributed by atoms with Gasteiger partial charge in [0.1, 0.15) is 17.4 Å². The fourth-order valence-corrected chi connectivity index (χ4v) is 2.47. The fourth-order valence-electron chi connectivity index (χ4n) is 2.47. The molecule has 0 spiro atoms. The topological polar surface area (TPSA) is 42.4 Å². The minimum Gasteiger partial charge on any atom is -0.492 e. The summed E-state index contributed by atoms with van der Waals surface area (Å²) in [5.41, 5.74) is 0.214. The first-order chi connectivity index (χ1) is 11.1. The third-order valence-electron chi connectivity index (χ3n) is 3.79. The number of benzene rings is 1. The van der Waals surface area contributed by atoms with Crippen molar-refractivity contribution in [1.82, 2.24) is 9.88 Å². The number of rotatable bonds is 5. The standard InChI is InChI=1S/C17H16F2N2O2/c18-14-4-3-13(16(19)7-14)6-17(22)21-9-12(10-21)11-23-15-2-1-5-20-8-15/h1-5,7-8,12H,6,9-11H2. The minimum absolute atomic E-state index is 0.0533. The number of halogens is 2. The molecule has 0 atom stereocenters. The zero-order valence-electron chi connectivity index (χ0n) is 12.4. The number of carbonyl (C=O) groups is 1. The van der Waals surface area contributed by atoms with Crippen molar-refractivity contribution in [2.75, 3.05) is 19.7 Å². The maximum atomic E-state index is 13.5. The van der Waals surface area contributed by atoms with E-state index in [2.05, 4.69) is 4.98 Å². The van der Waals surface area contributed by atoms with Gasteiger partial charge in [-0.2, -0.15) is 0 Å². The monoisotopic (exact) mass is 318 g/mol. The predicted molar refractivity (Wildman–Crippen MR) is 79.9 cm³/mol. The average Bonchev–Trinajstić information content (AvgIpc) is 2.49. The molecule has 1 aliphatic rings. The van der Waals surface area contributed by atoms with E-state index in [9.17, 15) is 13.6 Å². The number of carbonyl (C=O) groups excluding carboxylic acids is 1. The fraction of sp³-hybridized carbons (Fsp3) is 0.294. The van der Waals surface area contributed by atoms with Gasteiger partial charge < -0.3 is 9.64 Å². The Morgan fingerprint density at radius 1 is 1.30 bits per heavy atom. The van der Waals surface area contributed by atoms with Gasteiger partial charge in [-0.15, -0.1) is 0 Å². The van der Waals surface area contributed by atoms with E-state index in [0.717, 1.165) is 12.1 Å². The first kappa shape index (κ1) is 15.4. The van der Waals surface area contributed by atoms with Crippen molar-refractivity contribution in [3.8, 4) is 5.75 Å². The average molecular weight is 318 g/mol. The Hall–Kier alpha value is -2.50. The van der Waals surface area contributed by atoms with E-state index in [0.29, 0.717) is 25.4 Å². The van der Waals surface area contributed by atoms with E-state index in [-0.39, 0.29) is 23.8 Å². The molecule has 2 aromatic rings. The van der Waals surface area contributed by atoms with Gasteiger partial charge in [-0.1, -0.05) is 6.07 Å². The quantitative estimate of drug-likeness (QED) is 0.850. The van der Waals surface area contributed by atoms with Crippen molar-refractivity contribution in [3.63, 3.8) is 0 Å². The molecular weight excluding hydrogens is 302 g/mol. The molecule has 0 radical (unpaired) electrons. The van der Waals surface area contributed by atoms with Crippen LogP contribution in [0.4, 0.5) is 8.78 Å². The lowest BCUT2D eigenvalue weighted by Crippen LogP contribution is -2.52. The summed E-state index contributed by atoms with van der Waals surface area (Å²) in [6, 6.07) is 6.88. The van der Waals surface area contributed by atoms with Gasteiger partial charge in [0, 0.05) is 31.3 Å². The molecule has 0 N–H and O–H groups in total. The zero-order chi connectivity index (χ0) is 16.2.